The Hall–Kier alpha value is -2.41. The first-order valence-corrected chi connectivity index (χ1v) is 8.69. The molecule has 1 aliphatic carbocycles. The van der Waals surface area contributed by atoms with Crippen molar-refractivity contribution in [2.75, 3.05) is 6.54 Å². The minimum absolute atomic E-state index is 0.0179. The number of rotatable bonds is 6. The molecule has 1 spiro atoms. The van der Waals surface area contributed by atoms with Crippen molar-refractivity contribution in [3.63, 3.8) is 0 Å². The molecule has 0 aromatic heterocycles. The zero-order valence-corrected chi connectivity index (χ0v) is 14.1. The molecule has 0 unspecified atom stereocenters. The van der Waals surface area contributed by atoms with Gasteiger partial charge in [-0.3, -0.25) is 19.3 Å². The standard InChI is InChI=1S/C18H23N3O4/c22-15(20-25-13-14-7-3-1-4-8-14)9-12-21-16(23)18(19-17(21)24)10-5-2-6-11-18/h1,3-4,7-8H,2,5-6,9-13H2,(H,19,24)(H,20,22). The monoisotopic (exact) mass is 345 g/mol. The van der Waals surface area contributed by atoms with Crippen LogP contribution in [0.25, 0.3) is 0 Å². The first-order chi connectivity index (χ1) is 12.1. The second kappa shape index (κ2) is 7.65. The zero-order valence-electron chi connectivity index (χ0n) is 14.1. The Labute approximate surface area is 146 Å². The highest BCUT2D eigenvalue weighted by Gasteiger charge is 2.50. The molecule has 7 heteroatoms. The lowest BCUT2D eigenvalue weighted by atomic mass is 9.82. The van der Waals surface area contributed by atoms with E-state index < -0.39 is 11.6 Å². The normalized spacial score (nSPS) is 19.1. The quantitative estimate of drug-likeness (QED) is 0.609. The second-order valence-electron chi connectivity index (χ2n) is 6.58. The summed E-state index contributed by atoms with van der Waals surface area (Å²) in [6, 6.07) is 9.06. The molecule has 1 aromatic carbocycles. The van der Waals surface area contributed by atoms with Gasteiger partial charge in [-0.25, -0.2) is 10.3 Å². The van der Waals surface area contributed by atoms with Crippen LogP contribution in [0.3, 0.4) is 0 Å². The number of imide groups is 1. The summed E-state index contributed by atoms with van der Waals surface area (Å²) in [6.07, 6.45) is 4.35. The van der Waals surface area contributed by atoms with E-state index in [1.807, 2.05) is 30.3 Å². The van der Waals surface area contributed by atoms with E-state index in [9.17, 15) is 14.4 Å². The van der Waals surface area contributed by atoms with E-state index in [2.05, 4.69) is 10.8 Å². The van der Waals surface area contributed by atoms with Gasteiger partial charge >= 0.3 is 6.03 Å². The Morgan fingerprint density at radius 2 is 1.88 bits per heavy atom. The highest BCUT2D eigenvalue weighted by molar-refractivity contribution is 6.07. The Morgan fingerprint density at radius 3 is 2.60 bits per heavy atom. The lowest BCUT2D eigenvalue weighted by molar-refractivity contribution is -0.136. The second-order valence-corrected chi connectivity index (χ2v) is 6.58. The van der Waals surface area contributed by atoms with Crippen molar-refractivity contribution in [3.8, 4) is 0 Å². The summed E-state index contributed by atoms with van der Waals surface area (Å²) < 4.78 is 0. The predicted molar refractivity (Wildman–Crippen MR) is 90.1 cm³/mol. The van der Waals surface area contributed by atoms with Crippen molar-refractivity contribution in [2.45, 2.75) is 50.7 Å². The fourth-order valence-corrected chi connectivity index (χ4v) is 3.41. The Kier molecular flexibility index (Phi) is 5.33. The van der Waals surface area contributed by atoms with E-state index in [0.29, 0.717) is 12.8 Å². The summed E-state index contributed by atoms with van der Waals surface area (Å²) in [5.41, 5.74) is 2.55. The molecule has 1 saturated carbocycles. The number of hydrogen-bond donors (Lipinski definition) is 2. The van der Waals surface area contributed by atoms with E-state index in [4.69, 9.17) is 4.84 Å². The minimum atomic E-state index is -0.740. The first kappa shape index (κ1) is 17.4. The molecule has 0 bridgehead atoms. The first-order valence-electron chi connectivity index (χ1n) is 8.69. The molecule has 3 rings (SSSR count). The lowest BCUT2D eigenvalue weighted by Crippen LogP contribution is -2.48. The Balaban J connectivity index is 1.44. The lowest BCUT2D eigenvalue weighted by Gasteiger charge is -2.30. The zero-order chi connectivity index (χ0) is 17.7. The number of nitrogens with one attached hydrogen (secondary N) is 2. The highest BCUT2D eigenvalue weighted by atomic mass is 16.6. The summed E-state index contributed by atoms with van der Waals surface area (Å²) in [6.45, 7) is 0.325. The van der Waals surface area contributed by atoms with Gasteiger partial charge in [0.25, 0.3) is 5.91 Å². The van der Waals surface area contributed by atoms with Gasteiger partial charge in [-0.05, 0) is 18.4 Å². The van der Waals surface area contributed by atoms with Crippen LogP contribution in [0.4, 0.5) is 4.79 Å². The van der Waals surface area contributed by atoms with Crippen LogP contribution in [0.15, 0.2) is 30.3 Å². The van der Waals surface area contributed by atoms with Gasteiger partial charge in [0.15, 0.2) is 0 Å². The molecule has 2 fully saturated rings. The minimum Gasteiger partial charge on any atom is -0.323 e. The summed E-state index contributed by atoms with van der Waals surface area (Å²) in [4.78, 5) is 42.9. The number of carbonyl (C=O) groups excluding carboxylic acids is 3. The van der Waals surface area contributed by atoms with Crippen LogP contribution in [-0.2, 0) is 21.0 Å². The summed E-state index contributed by atoms with van der Waals surface area (Å²) >= 11 is 0. The Morgan fingerprint density at radius 1 is 1.16 bits per heavy atom. The van der Waals surface area contributed by atoms with Crippen molar-refractivity contribution in [3.05, 3.63) is 35.9 Å². The van der Waals surface area contributed by atoms with Crippen LogP contribution in [0.5, 0.6) is 0 Å². The van der Waals surface area contributed by atoms with Gasteiger partial charge in [-0.2, -0.15) is 0 Å². The summed E-state index contributed by atoms with van der Waals surface area (Å²) in [5.74, 6) is -0.559. The van der Waals surface area contributed by atoms with Gasteiger partial charge in [-0.15, -0.1) is 0 Å². The van der Waals surface area contributed by atoms with Gasteiger partial charge in [0.2, 0.25) is 5.91 Å². The van der Waals surface area contributed by atoms with E-state index >= 15 is 0 Å². The molecule has 2 N–H and O–H groups in total. The summed E-state index contributed by atoms with van der Waals surface area (Å²) in [5, 5.41) is 2.83. The third kappa shape index (κ3) is 3.99. The number of benzene rings is 1. The van der Waals surface area contributed by atoms with Gasteiger partial charge in [0.05, 0.1) is 6.61 Å². The average molecular weight is 345 g/mol. The maximum absolute atomic E-state index is 12.6. The third-order valence-electron chi connectivity index (χ3n) is 4.78. The molecule has 1 aromatic rings. The topological polar surface area (TPSA) is 87.7 Å². The van der Waals surface area contributed by atoms with Crippen LogP contribution in [-0.4, -0.2) is 34.8 Å². The van der Waals surface area contributed by atoms with Crippen molar-refractivity contribution in [2.24, 2.45) is 0 Å². The molecule has 1 heterocycles. The number of urea groups is 1. The molecule has 1 saturated heterocycles. The van der Waals surface area contributed by atoms with E-state index in [1.54, 1.807) is 0 Å². The van der Waals surface area contributed by atoms with E-state index in [0.717, 1.165) is 29.7 Å². The van der Waals surface area contributed by atoms with Crippen LogP contribution in [0, 0.1) is 0 Å². The van der Waals surface area contributed by atoms with Crippen molar-refractivity contribution in [1.82, 2.24) is 15.7 Å². The maximum atomic E-state index is 12.6. The van der Waals surface area contributed by atoms with Crippen molar-refractivity contribution in [1.29, 1.82) is 0 Å². The summed E-state index contributed by atoms with van der Waals surface area (Å²) in [7, 11) is 0. The van der Waals surface area contributed by atoms with Crippen LogP contribution >= 0.6 is 0 Å². The van der Waals surface area contributed by atoms with Crippen LogP contribution < -0.4 is 10.8 Å². The third-order valence-corrected chi connectivity index (χ3v) is 4.78. The molecule has 7 nitrogen and oxygen atoms in total. The van der Waals surface area contributed by atoms with E-state index in [-0.39, 0.29) is 31.4 Å². The van der Waals surface area contributed by atoms with Gasteiger partial charge in [0.1, 0.15) is 5.54 Å². The van der Waals surface area contributed by atoms with Gasteiger partial charge < -0.3 is 5.32 Å². The maximum Gasteiger partial charge on any atom is 0.325 e. The van der Waals surface area contributed by atoms with Crippen LogP contribution in [0.1, 0.15) is 44.1 Å². The Bertz CT molecular complexity index is 641. The van der Waals surface area contributed by atoms with Gasteiger partial charge in [0, 0.05) is 13.0 Å². The molecular formula is C18H23N3O4. The highest BCUT2D eigenvalue weighted by Crippen LogP contribution is 2.33. The molecule has 0 radical (unpaired) electrons. The number of amides is 4. The molecule has 2 aliphatic rings. The van der Waals surface area contributed by atoms with Crippen LogP contribution in [0.2, 0.25) is 0 Å². The molecule has 0 atom stereocenters. The largest absolute Gasteiger partial charge is 0.325 e. The SMILES string of the molecule is O=C(CCN1C(=O)NC2(CCCCC2)C1=O)NOCc1ccccc1. The number of hydrogen-bond acceptors (Lipinski definition) is 4. The smallest absolute Gasteiger partial charge is 0.323 e. The molecule has 134 valence electrons. The van der Waals surface area contributed by atoms with Crippen molar-refractivity contribution >= 4 is 17.8 Å². The van der Waals surface area contributed by atoms with Crippen molar-refractivity contribution < 1.29 is 19.2 Å². The number of carbonyl (C=O) groups is 3. The van der Waals surface area contributed by atoms with E-state index in [1.165, 1.54) is 0 Å². The fourth-order valence-electron chi connectivity index (χ4n) is 3.41. The average Bonchev–Trinajstić information content (AvgIpc) is 2.84. The van der Waals surface area contributed by atoms with Gasteiger partial charge in [-0.1, -0.05) is 49.6 Å². The molecule has 1 aliphatic heterocycles. The number of nitrogens with zero attached hydrogens (tertiary/aromatic N) is 1. The number of hydroxylamine groups is 1. The molecular weight excluding hydrogens is 322 g/mol. The predicted octanol–water partition coefficient (Wildman–Crippen LogP) is 1.88. The fraction of sp³-hybridized carbons (Fsp3) is 0.500. The molecule has 4 amide bonds. The molecule has 25 heavy (non-hydrogen) atoms.